The summed E-state index contributed by atoms with van der Waals surface area (Å²) in [6.45, 7) is 6.46. The number of hydrogen-bond acceptors (Lipinski definition) is 5. The molecule has 0 radical (unpaired) electrons. The van der Waals surface area contributed by atoms with Crippen LogP contribution in [0, 0.1) is 0 Å². The lowest BCUT2D eigenvalue weighted by Crippen LogP contribution is -2.44. The van der Waals surface area contributed by atoms with Crippen LogP contribution in [0.4, 0.5) is 11.4 Å². The molecule has 2 heterocycles. The van der Waals surface area contributed by atoms with Crippen LogP contribution in [0.25, 0.3) is 5.69 Å². The Kier molecular flexibility index (Phi) is 7.80. The summed E-state index contributed by atoms with van der Waals surface area (Å²) in [6, 6.07) is 16.4. The van der Waals surface area contributed by atoms with E-state index in [1.54, 1.807) is 4.68 Å². The zero-order chi connectivity index (χ0) is 24.8. The number of aromatic nitrogens is 3. The number of anilines is 2. The third-order valence-corrected chi connectivity index (χ3v) is 6.40. The van der Waals surface area contributed by atoms with Crippen molar-refractivity contribution in [1.82, 2.24) is 20.3 Å². The van der Waals surface area contributed by atoms with Crippen molar-refractivity contribution in [2.45, 2.75) is 71.5 Å². The average molecular weight is 475 g/mol. The van der Waals surface area contributed by atoms with E-state index in [9.17, 15) is 9.59 Å². The van der Waals surface area contributed by atoms with Crippen LogP contribution in [-0.4, -0.2) is 32.9 Å². The van der Waals surface area contributed by atoms with Crippen molar-refractivity contribution < 1.29 is 9.59 Å². The molecule has 4 rings (SSSR count). The third-order valence-electron chi connectivity index (χ3n) is 6.40. The third kappa shape index (κ3) is 5.70. The zero-order valence-electron chi connectivity index (χ0n) is 20.7. The zero-order valence-corrected chi connectivity index (χ0v) is 20.7. The Hall–Kier alpha value is -3.68. The second-order valence-electron chi connectivity index (χ2n) is 9.04. The van der Waals surface area contributed by atoms with E-state index in [-0.39, 0.29) is 23.9 Å². The highest BCUT2D eigenvalue weighted by atomic mass is 16.2. The number of unbranched alkanes of at least 4 members (excludes halogenated alkanes) is 1. The molecule has 8 nitrogen and oxygen atoms in total. The van der Waals surface area contributed by atoms with Gasteiger partial charge in [0.25, 0.3) is 0 Å². The number of carbonyl (C=O) groups excluding carboxylic acids is 2. The fraction of sp³-hybridized carbons (Fsp3) is 0.407. The van der Waals surface area contributed by atoms with Gasteiger partial charge >= 0.3 is 0 Å². The van der Waals surface area contributed by atoms with Gasteiger partial charge in [-0.2, -0.15) is 0 Å². The normalized spacial score (nSPS) is 17.1. The molecule has 2 aromatic carbocycles. The molecule has 0 saturated heterocycles. The summed E-state index contributed by atoms with van der Waals surface area (Å²) in [5.41, 5.74) is 4.74. The number of hydrogen-bond donors (Lipinski definition) is 2. The molecule has 35 heavy (non-hydrogen) atoms. The van der Waals surface area contributed by atoms with E-state index in [0.29, 0.717) is 19.4 Å². The predicted molar refractivity (Wildman–Crippen MR) is 137 cm³/mol. The Labute approximate surface area is 206 Å². The topological polar surface area (TPSA) is 92.2 Å². The first-order valence-electron chi connectivity index (χ1n) is 12.5. The molecule has 0 bridgehead atoms. The van der Waals surface area contributed by atoms with Crippen LogP contribution in [0.15, 0.2) is 54.7 Å². The summed E-state index contributed by atoms with van der Waals surface area (Å²) in [7, 11) is 0. The minimum Gasteiger partial charge on any atom is -0.378 e. The summed E-state index contributed by atoms with van der Waals surface area (Å²) >= 11 is 0. The number of amides is 2. The SMILES string of the molecule is CCCCC(=O)NCc1cn(-c2ccc(N[C@@H]3C[C@H](C)N(C(=O)CC)c4ccccc43)cc2)nn1. The van der Waals surface area contributed by atoms with Gasteiger partial charge in [0.2, 0.25) is 11.8 Å². The monoisotopic (exact) mass is 474 g/mol. The van der Waals surface area contributed by atoms with Gasteiger partial charge in [0.1, 0.15) is 5.69 Å². The molecule has 2 N–H and O–H groups in total. The minimum atomic E-state index is 0.0395. The van der Waals surface area contributed by atoms with Crippen molar-refractivity contribution in [3.05, 3.63) is 66.0 Å². The van der Waals surface area contributed by atoms with E-state index < -0.39 is 0 Å². The molecule has 0 unspecified atom stereocenters. The van der Waals surface area contributed by atoms with Crippen molar-refractivity contribution in [1.29, 1.82) is 0 Å². The van der Waals surface area contributed by atoms with Crippen LogP contribution in [0.5, 0.6) is 0 Å². The second-order valence-corrected chi connectivity index (χ2v) is 9.04. The molecule has 8 heteroatoms. The van der Waals surface area contributed by atoms with E-state index in [0.717, 1.165) is 47.6 Å². The predicted octanol–water partition coefficient (Wildman–Crippen LogP) is 4.76. The van der Waals surface area contributed by atoms with E-state index in [2.05, 4.69) is 40.9 Å². The standard InChI is InChI=1S/C27H34N6O2/c1-4-6-11-26(34)28-17-21-18-32(31-30-21)22-14-12-20(13-15-22)29-24-16-19(3)33(27(35)5-2)25-10-8-7-9-23(24)25/h7-10,12-15,18-19,24,29H,4-6,11,16-17H2,1-3H3,(H,28,34)/t19-,24+/m0/s1. The molecule has 1 aliphatic rings. The number of benzene rings is 2. The summed E-state index contributed by atoms with van der Waals surface area (Å²) in [4.78, 5) is 26.3. The van der Waals surface area contributed by atoms with Crippen molar-refractivity contribution >= 4 is 23.2 Å². The Morgan fingerprint density at radius 1 is 1.09 bits per heavy atom. The first-order valence-corrected chi connectivity index (χ1v) is 12.5. The summed E-state index contributed by atoms with van der Waals surface area (Å²) < 4.78 is 1.71. The highest BCUT2D eigenvalue weighted by Crippen LogP contribution is 2.39. The van der Waals surface area contributed by atoms with Crippen LogP contribution in [0.1, 0.15) is 70.2 Å². The fourth-order valence-electron chi connectivity index (χ4n) is 4.53. The molecule has 2 atom stereocenters. The smallest absolute Gasteiger partial charge is 0.226 e. The number of rotatable bonds is 9. The van der Waals surface area contributed by atoms with E-state index in [4.69, 9.17) is 0 Å². The van der Waals surface area contributed by atoms with Gasteiger partial charge in [-0.05, 0) is 55.7 Å². The average Bonchev–Trinajstić information content (AvgIpc) is 3.35. The minimum absolute atomic E-state index is 0.0395. The Bertz CT molecular complexity index is 1160. The molecular weight excluding hydrogens is 440 g/mol. The van der Waals surface area contributed by atoms with Crippen LogP contribution in [0.3, 0.4) is 0 Å². The van der Waals surface area contributed by atoms with Crippen molar-refractivity contribution in [2.75, 3.05) is 10.2 Å². The number of fused-ring (bicyclic) bond motifs is 1. The maximum atomic E-state index is 12.6. The fourth-order valence-corrected chi connectivity index (χ4v) is 4.53. The van der Waals surface area contributed by atoms with E-state index in [1.807, 2.05) is 60.5 Å². The number of nitrogens with zero attached hydrogens (tertiary/aromatic N) is 4. The number of nitrogens with one attached hydrogen (secondary N) is 2. The van der Waals surface area contributed by atoms with Gasteiger partial charge in [0.15, 0.2) is 0 Å². The van der Waals surface area contributed by atoms with Crippen LogP contribution >= 0.6 is 0 Å². The van der Waals surface area contributed by atoms with Crippen LogP contribution in [-0.2, 0) is 16.1 Å². The van der Waals surface area contributed by atoms with Crippen molar-refractivity contribution in [3.63, 3.8) is 0 Å². The van der Waals surface area contributed by atoms with Crippen molar-refractivity contribution in [3.8, 4) is 5.69 Å². The largest absolute Gasteiger partial charge is 0.378 e. The quantitative estimate of drug-likeness (QED) is 0.466. The van der Waals surface area contributed by atoms with Crippen LogP contribution in [0.2, 0.25) is 0 Å². The summed E-state index contributed by atoms with van der Waals surface area (Å²) in [5, 5.41) is 14.9. The van der Waals surface area contributed by atoms with Gasteiger partial charge < -0.3 is 15.5 Å². The maximum absolute atomic E-state index is 12.6. The molecule has 3 aromatic rings. The van der Waals surface area contributed by atoms with Gasteiger partial charge in [-0.15, -0.1) is 5.10 Å². The van der Waals surface area contributed by atoms with E-state index in [1.165, 1.54) is 0 Å². The second kappa shape index (κ2) is 11.2. The number of para-hydroxylation sites is 1. The molecule has 184 valence electrons. The van der Waals surface area contributed by atoms with Crippen molar-refractivity contribution in [2.24, 2.45) is 0 Å². The maximum Gasteiger partial charge on any atom is 0.226 e. The Balaban J connectivity index is 1.42. The van der Waals surface area contributed by atoms with E-state index >= 15 is 0 Å². The lowest BCUT2D eigenvalue weighted by Gasteiger charge is -2.40. The van der Waals surface area contributed by atoms with Gasteiger partial charge in [0, 0.05) is 30.3 Å². The van der Waals surface area contributed by atoms with Gasteiger partial charge in [-0.1, -0.05) is 43.7 Å². The molecule has 1 aromatic heterocycles. The molecule has 0 spiro atoms. The molecule has 0 fully saturated rings. The molecule has 0 saturated carbocycles. The highest BCUT2D eigenvalue weighted by Gasteiger charge is 2.32. The summed E-state index contributed by atoms with van der Waals surface area (Å²) in [5.74, 6) is 0.193. The first kappa shape index (κ1) is 24.4. The van der Waals surface area contributed by atoms with Gasteiger partial charge in [0.05, 0.1) is 24.5 Å². The Morgan fingerprint density at radius 3 is 2.60 bits per heavy atom. The molecule has 0 aliphatic carbocycles. The molecule has 1 aliphatic heterocycles. The Morgan fingerprint density at radius 2 is 1.86 bits per heavy atom. The number of carbonyl (C=O) groups is 2. The molecule has 2 amide bonds. The lowest BCUT2D eigenvalue weighted by atomic mass is 9.91. The van der Waals surface area contributed by atoms with Gasteiger partial charge in [-0.3, -0.25) is 9.59 Å². The molecular formula is C27H34N6O2. The van der Waals surface area contributed by atoms with Crippen LogP contribution < -0.4 is 15.5 Å². The van der Waals surface area contributed by atoms with Gasteiger partial charge in [-0.25, -0.2) is 4.68 Å². The summed E-state index contributed by atoms with van der Waals surface area (Å²) in [6.07, 6.45) is 5.59. The first-order chi connectivity index (χ1) is 17.0. The highest BCUT2D eigenvalue weighted by molar-refractivity contribution is 5.95. The lowest BCUT2D eigenvalue weighted by molar-refractivity contribution is -0.121.